The summed E-state index contributed by atoms with van der Waals surface area (Å²) >= 11 is 0. The molecule has 1 aliphatic carbocycles. The topological polar surface area (TPSA) is 20.2 Å². The molecule has 0 aliphatic heterocycles. The maximum absolute atomic E-state index is 10.1. The van der Waals surface area contributed by atoms with Crippen molar-refractivity contribution in [2.75, 3.05) is 0 Å². The Labute approximate surface area is 98.5 Å². The lowest BCUT2D eigenvalue weighted by atomic mass is 9.79. The first-order valence-corrected chi connectivity index (χ1v) is 6.35. The van der Waals surface area contributed by atoms with E-state index in [-0.39, 0.29) is 5.92 Å². The van der Waals surface area contributed by atoms with Crippen LogP contribution in [-0.4, -0.2) is 5.11 Å². The summed E-state index contributed by atoms with van der Waals surface area (Å²) in [6.07, 6.45) is 6.38. The number of benzene rings is 1. The van der Waals surface area contributed by atoms with Crippen molar-refractivity contribution in [3.05, 3.63) is 36.2 Å². The Kier molecular flexibility index (Phi) is 3.52. The third-order valence-electron chi connectivity index (χ3n) is 3.66. The molecular weight excluding hydrogens is 196 g/mol. The number of phenolic OH excluding ortho intramolecular Hbond substituents is 1. The highest BCUT2D eigenvalue weighted by Gasteiger charge is 2.22. The fourth-order valence-corrected chi connectivity index (χ4v) is 2.84. The van der Waals surface area contributed by atoms with E-state index in [0.717, 1.165) is 0 Å². The van der Waals surface area contributed by atoms with E-state index in [1.54, 1.807) is 0 Å². The quantitative estimate of drug-likeness (QED) is 0.779. The van der Waals surface area contributed by atoms with Crippen molar-refractivity contribution < 1.29 is 5.11 Å². The molecule has 0 saturated heterocycles. The van der Waals surface area contributed by atoms with Gasteiger partial charge in [0.1, 0.15) is 5.75 Å². The Morgan fingerprint density at radius 3 is 2.56 bits per heavy atom. The number of hydrogen-bond acceptors (Lipinski definition) is 1. The minimum atomic E-state index is 0.254. The van der Waals surface area contributed by atoms with Crippen LogP contribution in [0.4, 0.5) is 0 Å². The highest BCUT2D eigenvalue weighted by atomic mass is 16.3. The van der Waals surface area contributed by atoms with E-state index in [0.29, 0.717) is 11.7 Å². The van der Waals surface area contributed by atoms with Crippen LogP contribution in [0.15, 0.2) is 18.2 Å². The van der Waals surface area contributed by atoms with Gasteiger partial charge >= 0.3 is 0 Å². The average molecular weight is 217 g/mol. The van der Waals surface area contributed by atoms with E-state index in [4.69, 9.17) is 0 Å². The van der Waals surface area contributed by atoms with Crippen molar-refractivity contribution in [1.82, 2.24) is 0 Å². The minimum absolute atomic E-state index is 0.254. The van der Waals surface area contributed by atoms with Gasteiger partial charge in [0.25, 0.3) is 0 Å². The highest BCUT2D eigenvalue weighted by Crippen LogP contribution is 2.40. The molecule has 1 radical (unpaired) electrons. The highest BCUT2D eigenvalue weighted by molar-refractivity contribution is 5.44. The molecule has 1 aromatic rings. The minimum Gasteiger partial charge on any atom is -0.508 e. The van der Waals surface area contributed by atoms with Crippen LogP contribution in [0, 0.1) is 6.92 Å². The molecule has 0 spiro atoms. The molecule has 2 rings (SSSR count). The summed E-state index contributed by atoms with van der Waals surface area (Å²) in [4.78, 5) is 0. The van der Waals surface area contributed by atoms with Crippen LogP contribution < -0.4 is 0 Å². The molecule has 1 fully saturated rings. The summed E-state index contributed by atoms with van der Waals surface area (Å²) < 4.78 is 0. The van der Waals surface area contributed by atoms with Gasteiger partial charge in [-0.25, -0.2) is 0 Å². The Morgan fingerprint density at radius 2 is 1.94 bits per heavy atom. The first-order valence-electron chi connectivity index (χ1n) is 6.35. The molecule has 1 aromatic carbocycles. The standard InChI is InChI=1S/C15H21O/c1-11(2)13-9-6-10-14(16)15(13)12-7-4-3-5-8-12/h6,9-12,16H,1,3-5,7-8H2,2H3. The van der Waals surface area contributed by atoms with Crippen molar-refractivity contribution in [1.29, 1.82) is 0 Å². The number of phenols is 1. The molecule has 1 aliphatic rings. The van der Waals surface area contributed by atoms with Crippen LogP contribution >= 0.6 is 0 Å². The molecule has 16 heavy (non-hydrogen) atoms. The zero-order valence-electron chi connectivity index (χ0n) is 10.1. The normalized spacial score (nSPS) is 17.9. The van der Waals surface area contributed by atoms with E-state index in [1.807, 2.05) is 12.1 Å². The van der Waals surface area contributed by atoms with E-state index in [2.05, 4.69) is 19.9 Å². The van der Waals surface area contributed by atoms with Gasteiger partial charge in [0.15, 0.2) is 0 Å². The van der Waals surface area contributed by atoms with Crippen LogP contribution in [-0.2, 0) is 0 Å². The maximum Gasteiger partial charge on any atom is 0.119 e. The molecule has 87 valence electrons. The van der Waals surface area contributed by atoms with Gasteiger partial charge in [0.05, 0.1) is 0 Å². The largest absolute Gasteiger partial charge is 0.508 e. The monoisotopic (exact) mass is 217 g/mol. The molecule has 1 heteroatoms. The first-order chi connectivity index (χ1) is 7.70. The maximum atomic E-state index is 10.1. The Morgan fingerprint density at radius 1 is 1.25 bits per heavy atom. The molecule has 1 unspecified atom stereocenters. The smallest absolute Gasteiger partial charge is 0.119 e. The van der Waals surface area contributed by atoms with Gasteiger partial charge in [-0.1, -0.05) is 38.3 Å². The lowest BCUT2D eigenvalue weighted by Gasteiger charge is -2.26. The van der Waals surface area contributed by atoms with Crippen molar-refractivity contribution in [2.24, 2.45) is 0 Å². The predicted molar refractivity (Wildman–Crippen MR) is 67.7 cm³/mol. The van der Waals surface area contributed by atoms with E-state index in [9.17, 15) is 5.11 Å². The zero-order valence-corrected chi connectivity index (χ0v) is 10.1. The van der Waals surface area contributed by atoms with Gasteiger partial charge in [0.2, 0.25) is 0 Å². The van der Waals surface area contributed by atoms with E-state index >= 15 is 0 Å². The number of aromatic hydroxyl groups is 1. The van der Waals surface area contributed by atoms with E-state index < -0.39 is 0 Å². The summed E-state index contributed by atoms with van der Waals surface area (Å²) in [7, 11) is 0. The van der Waals surface area contributed by atoms with Crippen LogP contribution in [0.25, 0.3) is 0 Å². The third-order valence-corrected chi connectivity index (χ3v) is 3.66. The van der Waals surface area contributed by atoms with Crippen LogP contribution in [0.1, 0.15) is 62.0 Å². The summed E-state index contributed by atoms with van der Waals surface area (Å²) in [6, 6.07) is 5.86. The molecule has 1 atom stereocenters. The number of hydrogen-bond donors (Lipinski definition) is 1. The van der Waals surface area contributed by atoms with Gasteiger partial charge in [-0.3, -0.25) is 0 Å². The van der Waals surface area contributed by atoms with Crippen molar-refractivity contribution in [3.8, 4) is 5.75 Å². The second kappa shape index (κ2) is 4.90. The van der Waals surface area contributed by atoms with Crippen molar-refractivity contribution in [3.63, 3.8) is 0 Å². The fourth-order valence-electron chi connectivity index (χ4n) is 2.84. The number of rotatable bonds is 2. The molecule has 1 N–H and O–H groups in total. The molecule has 1 saturated carbocycles. The fraction of sp³-hybridized carbons (Fsp3) is 0.533. The van der Waals surface area contributed by atoms with Crippen molar-refractivity contribution in [2.45, 2.75) is 50.9 Å². The zero-order chi connectivity index (χ0) is 11.5. The van der Waals surface area contributed by atoms with Crippen LogP contribution in [0.2, 0.25) is 0 Å². The Balaban J connectivity index is 2.36. The Hall–Kier alpha value is -0.980. The summed E-state index contributed by atoms with van der Waals surface area (Å²) in [5.74, 6) is 1.28. The first kappa shape index (κ1) is 11.5. The third kappa shape index (κ3) is 2.23. The SMILES string of the molecule is [CH2]C(C)c1cccc(O)c1C1CCCCC1. The van der Waals surface area contributed by atoms with Gasteiger partial charge < -0.3 is 5.11 Å². The van der Waals surface area contributed by atoms with Gasteiger partial charge in [0, 0.05) is 5.56 Å². The van der Waals surface area contributed by atoms with Gasteiger partial charge in [-0.2, -0.15) is 0 Å². The molecule has 0 amide bonds. The lowest BCUT2D eigenvalue weighted by molar-refractivity contribution is 0.411. The summed E-state index contributed by atoms with van der Waals surface area (Å²) in [5.41, 5.74) is 2.40. The van der Waals surface area contributed by atoms with Gasteiger partial charge in [-0.15, -0.1) is 0 Å². The average Bonchev–Trinajstić information content (AvgIpc) is 2.29. The second-order valence-electron chi connectivity index (χ2n) is 5.02. The molecule has 0 bridgehead atoms. The molecule has 0 aromatic heterocycles. The predicted octanol–water partition coefficient (Wildman–Crippen LogP) is 4.38. The molecular formula is C15H21O. The summed E-state index contributed by atoms with van der Waals surface area (Å²) in [6.45, 7) is 6.19. The van der Waals surface area contributed by atoms with Crippen molar-refractivity contribution >= 4 is 0 Å². The second-order valence-corrected chi connectivity index (χ2v) is 5.02. The lowest BCUT2D eigenvalue weighted by Crippen LogP contribution is -2.08. The molecule has 1 nitrogen and oxygen atoms in total. The molecule has 0 heterocycles. The summed E-state index contributed by atoms with van der Waals surface area (Å²) in [5, 5.41) is 10.1. The van der Waals surface area contributed by atoms with Gasteiger partial charge in [-0.05, 0) is 43.2 Å². The van der Waals surface area contributed by atoms with Crippen LogP contribution in [0.5, 0.6) is 5.75 Å². The van der Waals surface area contributed by atoms with Crippen LogP contribution in [0.3, 0.4) is 0 Å². The Bertz CT molecular complexity index is 348. The van der Waals surface area contributed by atoms with E-state index in [1.165, 1.54) is 43.2 Å².